The number of nitrogens with zero attached hydrogens (tertiary/aromatic N) is 2. The van der Waals surface area contributed by atoms with Gasteiger partial charge in [0.1, 0.15) is 5.75 Å². The van der Waals surface area contributed by atoms with Gasteiger partial charge in [-0.3, -0.25) is 9.80 Å². The van der Waals surface area contributed by atoms with Crippen LogP contribution < -0.4 is 0 Å². The summed E-state index contributed by atoms with van der Waals surface area (Å²) in [6.45, 7) is 8.48. The predicted molar refractivity (Wildman–Crippen MR) is 77.8 cm³/mol. The van der Waals surface area contributed by atoms with Crippen LogP contribution in [0.25, 0.3) is 0 Å². The van der Waals surface area contributed by atoms with Gasteiger partial charge in [0, 0.05) is 41.8 Å². The van der Waals surface area contributed by atoms with Crippen LogP contribution in [0.2, 0.25) is 0 Å². The predicted octanol–water partition coefficient (Wildman–Crippen LogP) is 2.68. The molecule has 0 unspecified atom stereocenters. The van der Waals surface area contributed by atoms with Crippen LogP contribution in [0.5, 0.6) is 5.75 Å². The van der Waals surface area contributed by atoms with Crippen molar-refractivity contribution in [1.82, 2.24) is 9.80 Å². The van der Waals surface area contributed by atoms with Crippen LogP contribution in [-0.4, -0.2) is 47.1 Å². The fourth-order valence-corrected chi connectivity index (χ4v) is 2.81. The first-order valence-corrected chi connectivity index (χ1v) is 7.09. The maximum Gasteiger partial charge on any atom is 0.120 e. The van der Waals surface area contributed by atoms with Gasteiger partial charge < -0.3 is 5.11 Å². The third-order valence-corrected chi connectivity index (χ3v) is 4.32. The standard InChI is InChI=1S/C14H21BrN2O/c1-14(2)10-17(7-6-16(14)3)9-11-8-12(15)4-5-13(11)18/h4-5,8,18H,6-7,9-10H2,1-3H3. The second kappa shape index (κ2) is 5.19. The van der Waals surface area contributed by atoms with Crippen molar-refractivity contribution in [3.63, 3.8) is 0 Å². The first-order chi connectivity index (χ1) is 8.38. The SMILES string of the molecule is CN1CCN(Cc2cc(Br)ccc2O)CC1(C)C. The average Bonchev–Trinajstić information content (AvgIpc) is 2.28. The van der Waals surface area contributed by atoms with Crippen molar-refractivity contribution in [2.75, 3.05) is 26.7 Å². The number of hydrogen-bond acceptors (Lipinski definition) is 3. The molecule has 0 bridgehead atoms. The third-order valence-electron chi connectivity index (χ3n) is 3.83. The zero-order chi connectivity index (χ0) is 13.3. The molecule has 1 aromatic rings. The summed E-state index contributed by atoms with van der Waals surface area (Å²) >= 11 is 3.46. The number of halogens is 1. The highest BCUT2D eigenvalue weighted by atomic mass is 79.9. The summed E-state index contributed by atoms with van der Waals surface area (Å²) in [4.78, 5) is 4.80. The summed E-state index contributed by atoms with van der Waals surface area (Å²) in [7, 11) is 2.17. The second-order valence-electron chi connectivity index (χ2n) is 5.72. The molecule has 0 aromatic heterocycles. The summed E-state index contributed by atoms with van der Waals surface area (Å²) in [6, 6.07) is 5.62. The summed E-state index contributed by atoms with van der Waals surface area (Å²) < 4.78 is 1.02. The van der Waals surface area contributed by atoms with Crippen molar-refractivity contribution in [2.24, 2.45) is 0 Å². The molecule has 1 N–H and O–H groups in total. The lowest BCUT2D eigenvalue weighted by Gasteiger charge is -2.45. The van der Waals surface area contributed by atoms with Crippen molar-refractivity contribution in [3.8, 4) is 5.75 Å². The van der Waals surface area contributed by atoms with E-state index in [0.717, 1.165) is 36.2 Å². The van der Waals surface area contributed by atoms with Gasteiger partial charge in [-0.1, -0.05) is 15.9 Å². The molecule has 1 saturated heterocycles. The molecule has 2 rings (SSSR count). The van der Waals surface area contributed by atoms with Gasteiger partial charge in [0.15, 0.2) is 0 Å². The summed E-state index contributed by atoms with van der Waals surface area (Å²) in [5, 5.41) is 9.89. The second-order valence-corrected chi connectivity index (χ2v) is 6.63. The topological polar surface area (TPSA) is 26.7 Å². The maximum absolute atomic E-state index is 9.89. The van der Waals surface area contributed by atoms with Gasteiger partial charge in [-0.25, -0.2) is 0 Å². The molecule has 0 aliphatic carbocycles. The molecule has 18 heavy (non-hydrogen) atoms. The van der Waals surface area contributed by atoms with Gasteiger partial charge in [0.2, 0.25) is 0 Å². The minimum absolute atomic E-state index is 0.194. The van der Waals surface area contributed by atoms with Gasteiger partial charge >= 0.3 is 0 Å². The Morgan fingerprint density at radius 2 is 2.06 bits per heavy atom. The van der Waals surface area contributed by atoms with Crippen molar-refractivity contribution in [1.29, 1.82) is 0 Å². The van der Waals surface area contributed by atoms with Crippen LogP contribution in [0.15, 0.2) is 22.7 Å². The third kappa shape index (κ3) is 3.05. The van der Waals surface area contributed by atoms with E-state index < -0.39 is 0 Å². The lowest BCUT2D eigenvalue weighted by Crippen LogP contribution is -2.57. The lowest BCUT2D eigenvalue weighted by atomic mass is 9.99. The Kier molecular flexibility index (Phi) is 3.99. The largest absolute Gasteiger partial charge is 0.508 e. The van der Waals surface area contributed by atoms with Crippen LogP contribution >= 0.6 is 15.9 Å². The molecule has 0 spiro atoms. The van der Waals surface area contributed by atoms with Crippen LogP contribution in [0, 0.1) is 0 Å². The Bertz CT molecular complexity index is 434. The Morgan fingerprint density at radius 3 is 2.72 bits per heavy atom. The summed E-state index contributed by atoms with van der Waals surface area (Å²) in [5.74, 6) is 0.384. The normalized spacial score (nSPS) is 21.1. The molecule has 0 amide bonds. The molecule has 0 atom stereocenters. The fraction of sp³-hybridized carbons (Fsp3) is 0.571. The number of likely N-dealkylation sites (N-methyl/N-ethyl adjacent to an activating group) is 1. The average molecular weight is 313 g/mol. The molecular formula is C14H21BrN2O. The van der Waals surface area contributed by atoms with Crippen LogP contribution in [-0.2, 0) is 6.54 Å². The number of hydrogen-bond donors (Lipinski definition) is 1. The van der Waals surface area contributed by atoms with E-state index in [1.54, 1.807) is 6.07 Å². The van der Waals surface area contributed by atoms with Gasteiger partial charge in [0.05, 0.1) is 0 Å². The number of benzene rings is 1. The van der Waals surface area contributed by atoms with Crippen molar-refractivity contribution in [3.05, 3.63) is 28.2 Å². The lowest BCUT2D eigenvalue weighted by molar-refractivity contribution is 0.0356. The molecule has 1 aliphatic heterocycles. The number of phenols is 1. The monoisotopic (exact) mass is 312 g/mol. The molecule has 1 fully saturated rings. The maximum atomic E-state index is 9.89. The quantitative estimate of drug-likeness (QED) is 0.909. The molecule has 3 nitrogen and oxygen atoms in total. The van der Waals surface area contributed by atoms with E-state index in [4.69, 9.17) is 0 Å². The highest BCUT2D eigenvalue weighted by Gasteiger charge is 2.31. The van der Waals surface area contributed by atoms with Gasteiger partial charge in [-0.15, -0.1) is 0 Å². The molecule has 1 aromatic carbocycles. The molecule has 4 heteroatoms. The minimum Gasteiger partial charge on any atom is -0.508 e. The molecule has 1 heterocycles. The number of phenolic OH excluding ortho intramolecular Hbond substituents is 1. The molecule has 100 valence electrons. The van der Waals surface area contributed by atoms with E-state index >= 15 is 0 Å². The zero-order valence-corrected chi connectivity index (χ0v) is 12.9. The van der Waals surface area contributed by atoms with Crippen LogP contribution in [0.1, 0.15) is 19.4 Å². The number of piperazine rings is 1. The Balaban J connectivity index is 2.08. The Morgan fingerprint density at radius 1 is 1.33 bits per heavy atom. The van der Waals surface area contributed by atoms with E-state index in [-0.39, 0.29) is 5.54 Å². The molecule has 0 radical (unpaired) electrons. The van der Waals surface area contributed by atoms with E-state index in [1.807, 2.05) is 12.1 Å². The van der Waals surface area contributed by atoms with Gasteiger partial charge in [0.25, 0.3) is 0 Å². The van der Waals surface area contributed by atoms with Gasteiger partial charge in [-0.05, 0) is 39.1 Å². The number of rotatable bonds is 2. The minimum atomic E-state index is 0.194. The van der Waals surface area contributed by atoms with E-state index in [1.165, 1.54) is 0 Å². The highest BCUT2D eigenvalue weighted by molar-refractivity contribution is 9.10. The van der Waals surface area contributed by atoms with Crippen molar-refractivity contribution < 1.29 is 5.11 Å². The number of aromatic hydroxyl groups is 1. The van der Waals surface area contributed by atoms with E-state index in [9.17, 15) is 5.11 Å². The molecule has 0 saturated carbocycles. The molecule has 1 aliphatic rings. The summed E-state index contributed by atoms with van der Waals surface area (Å²) in [5.41, 5.74) is 1.18. The summed E-state index contributed by atoms with van der Waals surface area (Å²) in [6.07, 6.45) is 0. The van der Waals surface area contributed by atoms with E-state index in [0.29, 0.717) is 5.75 Å². The van der Waals surface area contributed by atoms with E-state index in [2.05, 4.69) is 46.6 Å². The van der Waals surface area contributed by atoms with Gasteiger partial charge in [-0.2, -0.15) is 0 Å². The van der Waals surface area contributed by atoms with Crippen molar-refractivity contribution in [2.45, 2.75) is 25.9 Å². The van der Waals surface area contributed by atoms with Crippen LogP contribution in [0.4, 0.5) is 0 Å². The first-order valence-electron chi connectivity index (χ1n) is 6.29. The highest BCUT2D eigenvalue weighted by Crippen LogP contribution is 2.26. The Hall–Kier alpha value is -0.580. The van der Waals surface area contributed by atoms with Crippen LogP contribution in [0.3, 0.4) is 0 Å². The zero-order valence-electron chi connectivity index (χ0n) is 11.3. The van der Waals surface area contributed by atoms with Crippen molar-refractivity contribution >= 4 is 15.9 Å². The Labute approximate surface area is 118 Å². The first kappa shape index (κ1) is 13.8. The smallest absolute Gasteiger partial charge is 0.120 e. The fourth-order valence-electron chi connectivity index (χ4n) is 2.40. The molecular weight excluding hydrogens is 292 g/mol.